The van der Waals surface area contributed by atoms with E-state index in [1.54, 1.807) is 30.3 Å². The molecule has 6 nitrogen and oxygen atoms in total. The van der Waals surface area contributed by atoms with Crippen LogP contribution in [0.2, 0.25) is 5.02 Å². The van der Waals surface area contributed by atoms with Gasteiger partial charge in [-0.2, -0.15) is 0 Å². The minimum absolute atomic E-state index is 0.0297. The molecule has 3 aromatic rings. The zero-order valence-electron chi connectivity index (χ0n) is 10.4. The van der Waals surface area contributed by atoms with Gasteiger partial charge in [-0.3, -0.25) is 10.1 Å². The van der Waals surface area contributed by atoms with E-state index in [9.17, 15) is 10.1 Å². The summed E-state index contributed by atoms with van der Waals surface area (Å²) in [7, 11) is 0. The Morgan fingerprint density at radius 1 is 1.24 bits per heavy atom. The summed E-state index contributed by atoms with van der Waals surface area (Å²) < 4.78 is 5.24. The Hall–Kier alpha value is -2.38. The molecule has 2 aromatic heterocycles. The van der Waals surface area contributed by atoms with Crippen molar-refractivity contribution in [1.29, 1.82) is 0 Å². The molecule has 0 spiro atoms. The molecule has 0 radical (unpaired) electrons. The van der Waals surface area contributed by atoms with Gasteiger partial charge in [-0.1, -0.05) is 40.2 Å². The van der Waals surface area contributed by atoms with Crippen LogP contribution in [-0.2, 0) is 0 Å². The fourth-order valence-electron chi connectivity index (χ4n) is 1.91. The summed E-state index contributed by atoms with van der Waals surface area (Å²) in [6, 6.07) is 10.1. The highest BCUT2D eigenvalue weighted by atomic mass is 35.5. The second-order valence-electron chi connectivity index (χ2n) is 4.17. The first-order chi connectivity index (χ1) is 10.1. The number of aromatic nitrogens is 1. The summed E-state index contributed by atoms with van der Waals surface area (Å²) >= 11 is 6.87. The predicted octanol–water partition coefficient (Wildman–Crippen LogP) is 4.21. The Kier molecular flexibility index (Phi) is 3.36. The fourth-order valence-corrected chi connectivity index (χ4v) is 2.84. The van der Waals surface area contributed by atoms with Gasteiger partial charge in [0.2, 0.25) is 0 Å². The van der Waals surface area contributed by atoms with Gasteiger partial charge in [-0.25, -0.2) is 0 Å². The summed E-state index contributed by atoms with van der Waals surface area (Å²) in [4.78, 5) is 10.9. The van der Waals surface area contributed by atoms with E-state index in [4.69, 9.17) is 21.9 Å². The quantitative estimate of drug-likeness (QED) is 0.575. The van der Waals surface area contributed by atoms with Crippen molar-refractivity contribution in [1.82, 2.24) is 5.16 Å². The zero-order chi connectivity index (χ0) is 15.0. The lowest BCUT2D eigenvalue weighted by molar-refractivity contribution is -0.380. The minimum Gasteiger partial charge on any atom is -0.380 e. The van der Waals surface area contributed by atoms with Crippen molar-refractivity contribution >= 4 is 33.8 Å². The van der Waals surface area contributed by atoms with Crippen LogP contribution >= 0.6 is 22.9 Å². The molecule has 2 heterocycles. The van der Waals surface area contributed by atoms with Crippen LogP contribution in [0, 0.1) is 10.1 Å². The Labute approximate surface area is 127 Å². The van der Waals surface area contributed by atoms with E-state index in [2.05, 4.69) is 5.16 Å². The third kappa shape index (κ3) is 2.48. The normalized spacial score (nSPS) is 10.7. The highest BCUT2D eigenvalue weighted by Crippen LogP contribution is 2.41. The molecule has 0 amide bonds. The molecule has 0 aliphatic carbocycles. The number of nitrogens with zero attached hydrogens (tertiary/aromatic N) is 2. The number of halogens is 1. The molecule has 0 bridgehead atoms. The first-order valence-electron chi connectivity index (χ1n) is 5.82. The topological polar surface area (TPSA) is 95.2 Å². The Balaban J connectivity index is 2.11. The third-order valence-corrected chi connectivity index (χ3v) is 4.13. The molecule has 21 heavy (non-hydrogen) atoms. The molecule has 0 saturated carbocycles. The van der Waals surface area contributed by atoms with Crippen molar-refractivity contribution in [3.8, 4) is 21.8 Å². The van der Waals surface area contributed by atoms with E-state index in [0.717, 1.165) is 16.9 Å². The van der Waals surface area contributed by atoms with Crippen LogP contribution < -0.4 is 5.73 Å². The van der Waals surface area contributed by atoms with Crippen LogP contribution in [0.4, 0.5) is 10.8 Å². The minimum atomic E-state index is -0.449. The molecule has 0 aliphatic rings. The maximum atomic E-state index is 10.8. The number of nitro groups is 1. The second-order valence-corrected chi connectivity index (χ2v) is 5.67. The first-order valence-corrected chi connectivity index (χ1v) is 7.01. The average Bonchev–Trinajstić information content (AvgIpc) is 3.06. The highest BCUT2D eigenvalue weighted by molar-refractivity contribution is 7.18. The van der Waals surface area contributed by atoms with Crippen LogP contribution in [0.15, 0.2) is 40.9 Å². The molecule has 0 aliphatic heterocycles. The monoisotopic (exact) mass is 321 g/mol. The number of benzene rings is 1. The molecule has 0 fully saturated rings. The van der Waals surface area contributed by atoms with Gasteiger partial charge >= 0.3 is 5.00 Å². The summed E-state index contributed by atoms with van der Waals surface area (Å²) in [5.41, 5.74) is 7.23. The lowest BCUT2D eigenvalue weighted by Crippen LogP contribution is -1.88. The molecule has 0 unspecified atom stereocenters. The third-order valence-electron chi connectivity index (χ3n) is 2.85. The van der Waals surface area contributed by atoms with E-state index < -0.39 is 4.92 Å². The van der Waals surface area contributed by atoms with Gasteiger partial charge in [-0.05, 0) is 23.8 Å². The van der Waals surface area contributed by atoms with Crippen molar-refractivity contribution in [2.75, 3.05) is 5.73 Å². The molecule has 0 saturated heterocycles. The number of hydrogen-bond donors (Lipinski definition) is 1. The average molecular weight is 322 g/mol. The van der Waals surface area contributed by atoms with E-state index in [1.807, 2.05) is 0 Å². The van der Waals surface area contributed by atoms with E-state index in [1.165, 1.54) is 6.07 Å². The summed E-state index contributed by atoms with van der Waals surface area (Å²) in [5, 5.41) is 15.2. The molecule has 1 aromatic carbocycles. The van der Waals surface area contributed by atoms with Crippen LogP contribution in [0.3, 0.4) is 0 Å². The smallest absolute Gasteiger partial charge is 0.324 e. The number of rotatable bonds is 3. The van der Waals surface area contributed by atoms with Crippen molar-refractivity contribution in [3.63, 3.8) is 0 Å². The van der Waals surface area contributed by atoms with Gasteiger partial charge in [0.1, 0.15) is 0 Å². The molecular weight excluding hydrogens is 314 g/mol. The Bertz CT molecular complexity index is 810. The van der Waals surface area contributed by atoms with Gasteiger partial charge < -0.3 is 10.3 Å². The van der Waals surface area contributed by atoms with Crippen molar-refractivity contribution in [3.05, 3.63) is 51.5 Å². The van der Waals surface area contributed by atoms with Gasteiger partial charge in [0.15, 0.2) is 11.6 Å². The number of nitrogen functional groups attached to an aromatic ring is 1. The lowest BCUT2D eigenvalue weighted by Gasteiger charge is -2.01. The largest absolute Gasteiger partial charge is 0.380 e. The number of nitrogens with two attached hydrogens (primary N) is 1. The predicted molar refractivity (Wildman–Crippen MR) is 81.3 cm³/mol. The summed E-state index contributed by atoms with van der Waals surface area (Å²) in [5.74, 6) is 0.635. The first kappa shape index (κ1) is 13.6. The number of anilines is 1. The highest BCUT2D eigenvalue weighted by Gasteiger charge is 2.21. The maximum absolute atomic E-state index is 10.8. The number of hydrogen-bond acceptors (Lipinski definition) is 6. The molecule has 2 N–H and O–H groups in total. The van der Waals surface area contributed by atoms with Crippen molar-refractivity contribution < 1.29 is 9.45 Å². The number of thiophene rings is 1. The van der Waals surface area contributed by atoms with Crippen LogP contribution in [0.1, 0.15) is 0 Å². The molecule has 8 heteroatoms. The van der Waals surface area contributed by atoms with Gasteiger partial charge in [0.25, 0.3) is 0 Å². The molecular formula is C13H8ClN3O3S. The van der Waals surface area contributed by atoms with Gasteiger partial charge in [0, 0.05) is 11.1 Å². The summed E-state index contributed by atoms with van der Waals surface area (Å²) in [6.45, 7) is 0. The van der Waals surface area contributed by atoms with Crippen molar-refractivity contribution in [2.45, 2.75) is 0 Å². The SMILES string of the molecule is Nc1noc(-c2ccc([N+](=O)[O-])s2)c1-c1ccc(Cl)cc1. The van der Waals surface area contributed by atoms with Gasteiger partial charge in [0.05, 0.1) is 15.4 Å². The van der Waals surface area contributed by atoms with E-state index >= 15 is 0 Å². The van der Waals surface area contributed by atoms with E-state index in [0.29, 0.717) is 21.2 Å². The summed E-state index contributed by atoms with van der Waals surface area (Å²) in [6.07, 6.45) is 0. The van der Waals surface area contributed by atoms with Gasteiger partial charge in [-0.15, -0.1) is 0 Å². The van der Waals surface area contributed by atoms with Crippen LogP contribution in [-0.4, -0.2) is 10.1 Å². The molecule has 3 rings (SSSR count). The Morgan fingerprint density at radius 2 is 1.95 bits per heavy atom. The standard InChI is InChI=1S/C13H8ClN3O3S/c14-8-3-1-7(2-4-8)11-12(20-16-13(11)15)9-5-6-10(21-9)17(18)19/h1-6H,(H2,15,16). The Morgan fingerprint density at radius 3 is 2.57 bits per heavy atom. The lowest BCUT2D eigenvalue weighted by atomic mass is 10.1. The second kappa shape index (κ2) is 5.19. The van der Waals surface area contributed by atoms with Crippen molar-refractivity contribution in [2.24, 2.45) is 0 Å². The zero-order valence-corrected chi connectivity index (χ0v) is 12.0. The van der Waals surface area contributed by atoms with Crippen LogP contribution in [0.5, 0.6) is 0 Å². The van der Waals surface area contributed by atoms with Crippen LogP contribution in [0.25, 0.3) is 21.8 Å². The maximum Gasteiger partial charge on any atom is 0.324 e. The molecule has 0 atom stereocenters. The van der Waals surface area contributed by atoms with E-state index in [-0.39, 0.29) is 10.8 Å². The molecule has 106 valence electrons. The fraction of sp³-hybridized carbons (Fsp3) is 0.